The van der Waals surface area contributed by atoms with Gasteiger partial charge in [-0.3, -0.25) is 14.4 Å². The summed E-state index contributed by atoms with van der Waals surface area (Å²) in [4.78, 5) is 43.1. The van der Waals surface area contributed by atoms with Gasteiger partial charge in [-0.2, -0.15) is 0 Å². The normalized spacial score (nSPS) is 24.0. The van der Waals surface area contributed by atoms with E-state index in [1.54, 1.807) is 37.3 Å². The lowest BCUT2D eigenvalue weighted by molar-refractivity contribution is -0.180. The lowest BCUT2D eigenvalue weighted by Crippen LogP contribution is -2.60. The third-order valence-electron chi connectivity index (χ3n) is 8.84. The van der Waals surface area contributed by atoms with E-state index in [1.807, 2.05) is 52.0 Å². The molecule has 3 aliphatic rings. The minimum atomic E-state index is -1.30. The largest absolute Gasteiger partial charge is 0.493 e. The average molecular weight is 623 g/mol. The SMILES string of the molecule is COC(=O)[C@]12C[C@H](CC(=O)NCc3ccc(OC)c(OC)c3)C(=O)N(Cc3ccc4c(c3)OCO4)C1=C[C@H](C(C)(C)C)O[C@@H]2C. The van der Waals surface area contributed by atoms with Crippen molar-refractivity contribution < 1.29 is 42.8 Å². The molecule has 0 radical (unpaired) electrons. The molecule has 242 valence electrons. The number of nitrogens with zero attached hydrogens (tertiary/aromatic N) is 1. The zero-order chi connectivity index (χ0) is 32.5. The topological polar surface area (TPSA) is 122 Å². The van der Waals surface area contributed by atoms with E-state index in [4.69, 9.17) is 28.4 Å². The van der Waals surface area contributed by atoms with E-state index >= 15 is 0 Å². The van der Waals surface area contributed by atoms with Crippen LogP contribution >= 0.6 is 0 Å². The van der Waals surface area contributed by atoms with Crippen LogP contribution in [0.3, 0.4) is 0 Å². The maximum atomic E-state index is 14.3. The summed E-state index contributed by atoms with van der Waals surface area (Å²) in [5.74, 6) is 0.456. The number of esters is 1. The van der Waals surface area contributed by atoms with Crippen LogP contribution in [0.4, 0.5) is 0 Å². The Morgan fingerprint density at radius 1 is 1.00 bits per heavy atom. The number of carbonyl (C=O) groups is 3. The molecule has 3 heterocycles. The summed E-state index contributed by atoms with van der Waals surface area (Å²) < 4.78 is 33.6. The Morgan fingerprint density at radius 2 is 1.71 bits per heavy atom. The summed E-state index contributed by atoms with van der Waals surface area (Å²) in [7, 11) is 4.43. The number of hydrogen-bond donors (Lipinski definition) is 1. The van der Waals surface area contributed by atoms with Crippen molar-refractivity contribution in [3.05, 3.63) is 59.3 Å². The molecule has 11 nitrogen and oxygen atoms in total. The predicted molar refractivity (Wildman–Crippen MR) is 164 cm³/mol. The predicted octanol–water partition coefficient (Wildman–Crippen LogP) is 4.36. The minimum Gasteiger partial charge on any atom is -0.493 e. The van der Waals surface area contributed by atoms with Gasteiger partial charge in [0.2, 0.25) is 18.6 Å². The van der Waals surface area contributed by atoms with E-state index in [0.29, 0.717) is 28.7 Å². The molecule has 1 N–H and O–H groups in total. The highest BCUT2D eigenvalue weighted by Crippen LogP contribution is 2.52. The fourth-order valence-corrected chi connectivity index (χ4v) is 6.31. The molecule has 11 heteroatoms. The van der Waals surface area contributed by atoms with Gasteiger partial charge in [0.25, 0.3) is 0 Å². The van der Waals surface area contributed by atoms with E-state index in [2.05, 4.69) is 5.32 Å². The van der Waals surface area contributed by atoms with Gasteiger partial charge in [-0.1, -0.05) is 32.9 Å². The fourth-order valence-electron chi connectivity index (χ4n) is 6.31. The van der Waals surface area contributed by atoms with Gasteiger partial charge in [0.15, 0.2) is 23.0 Å². The molecule has 2 aromatic carbocycles. The Bertz CT molecular complexity index is 1500. The second-order valence-electron chi connectivity index (χ2n) is 12.8. The van der Waals surface area contributed by atoms with Crippen molar-refractivity contribution >= 4 is 17.8 Å². The molecule has 2 aromatic rings. The summed E-state index contributed by atoms with van der Waals surface area (Å²) in [5, 5.41) is 2.92. The molecule has 5 rings (SSSR count). The number of methoxy groups -OCH3 is 3. The van der Waals surface area contributed by atoms with Gasteiger partial charge < -0.3 is 38.6 Å². The molecule has 0 aromatic heterocycles. The Balaban J connectivity index is 1.46. The third kappa shape index (κ3) is 6.18. The van der Waals surface area contributed by atoms with Crippen LogP contribution in [0.15, 0.2) is 48.2 Å². The molecule has 4 atom stereocenters. The number of benzene rings is 2. The number of hydrogen-bond acceptors (Lipinski definition) is 9. The third-order valence-corrected chi connectivity index (χ3v) is 8.84. The van der Waals surface area contributed by atoms with Gasteiger partial charge in [-0.15, -0.1) is 0 Å². The lowest BCUT2D eigenvalue weighted by atomic mass is 9.65. The highest BCUT2D eigenvalue weighted by Gasteiger charge is 2.60. The first kappa shape index (κ1) is 32.2. The van der Waals surface area contributed by atoms with Crippen molar-refractivity contribution in [1.29, 1.82) is 0 Å². The molecule has 3 aliphatic heterocycles. The number of amides is 2. The van der Waals surface area contributed by atoms with Crippen molar-refractivity contribution in [2.45, 2.75) is 65.8 Å². The van der Waals surface area contributed by atoms with Crippen LogP contribution in [0, 0.1) is 16.7 Å². The molecular weight excluding hydrogens is 580 g/mol. The summed E-state index contributed by atoms with van der Waals surface area (Å²) in [6.45, 7) is 8.49. The fraction of sp³-hybridized carbons (Fsp3) is 0.500. The Morgan fingerprint density at radius 3 is 2.40 bits per heavy atom. The molecule has 0 bridgehead atoms. The smallest absolute Gasteiger partial charge is 0.320 e. The van der Waals surface area contributed by atoms with Crippen LogP contribution in [0.1, 0.15) is 51.7 Å². The standard InChI is InChI=1S/C34H42N2O9/c1-20-34(32(39)42-7)16-23(14-30(37)35-17-21-8-10-24(40-5)26(12-21)41-6)31(38)36(28(34)15-29(45-20)33(2,3)4)18-22-9-11-25-27(13-22)44-19-43-25/h8-13,15,20,23,29H,14,16-19H2,1-7H3,(H,35,37)/t20-,23+,29-,34+/m1/s1. The summed E-state index contributed by atoms with van der Waals surface area (Å²) >= 11 is 0. The minimum absolute atomic E-state index is 0.0732. The summed E-state index contributed by atoms with van der Waals surface area (Å²) in [6, 6.07) is 10.9. The molecule has 0 unspecified atom stereocenters. The van der Waals surface area contributed by atoms with E-state index in [1.165, 1.54) is 7.11 Å². The number of carbonyl (C=O) groups excluding carboxylic acids is 3. The van der Waals surface area contributed by atoms with Crippen LogP contribution < -0.4 is 24.3 Å². The number of piperidine rings is 1. The molecule has 0 saturated carbocycles. The van der Waals surface area contributed by atoms with Gasteiger partial charge in [-0.05, 0) is 60.2 Å². The highest BCUT2D eigenvalue weighted by atomic mass is 16.7. The van der Waals surface area contributed by atoms with Crippen LogP contribution in [-0.2, 0) is 36.9 Å². The van der Waals surface area contributed by atoms with Crippen LogP contribution in [0.2, 0.25) is 0 Å². The molecular formula is C34H42N2O9. The number of fused-ring (bicyclic) bond motifs is 2. The maximum Gasteiger partial charge on any atom is 0.320 e. The molecule has 45 heavy (non-hydrogen) atoms. The molecule has 1 fully saturated rings. The Kier molecular flexibility index (Phi) is 9.02. The molecule has 0 aliphatic carbocycles. The molecule has 0 spiro atoms. The Labute approximate surface area is 263 Å². The highest BCUT2D eigenvalue weighted by molar-refractivity contribution is 5.92. The first-order chi connectivity index (χ1) is 21.4. The van der Waals surface area contributed by atoms with E-state index in [9.17, 15) is 14.4 Å². The van der Waals surface area contributed by atoms with Gasteiger partial charge in [0.05, 0.1) is 40.1 Å². The van der Waals surface area contributed by atoms with Crippen molar-refractivity contribution in [2.75, 3.05) is 28.1 Å². The zero-order valence-corrected chi connectivity index (χ0v) is 26.9. The quantitative estimate of drug-likeness (QED) is 0.407. The summed E-state index contributed by atoms with van der Waals surface area (Å²) in [5.41, 5.74) is 0.529. The van der Waals surface area contributed by atoms with Crippen molar-refractivity contribution in [3.63, 3.8) is 0 Å². The summed E-state index contributed by atoms with van der Waals surface area (Å²) in [6.07, 6.45) is 0.844. The van der Waals surface area contributed by atoms with Crippen molar-refractivity contribution in [3.8, 4) is 23.0 Å². The number of nitrogens with one attached hydrogen (secondary N) is 1. The maximum absolute atomic E-state index is 14.3. The van der Waals surface area contributed by atoms with Gasteiger partial charge in [0, 0.05) is 24.6 Å². The second-order valence-corrected chi connectivity index (χ2v) is 12.8. The molecule has 1 saturated heterocycles. The Hall–Kier alpha value is -4.25. The average Bonchev–Trinajstić information content (AvgIpc) is 3.49. The lowest BCUT2D eigenvalue weighted by Gasteiger charge is -2.53. The zero-order valence-electron chi connectivity index (χ0n) is 26.9. The van der Waals surface area contributed by atoms with Crippen molar-refractivity contribution in [2.24, 2.45) is 16.7 Å². The number of ether oxygens (including phenoxy) is 6. The van der Waals surface area contributed by atoms with Crippen LogP contribution in [0.25, 0.3) is 0 Å². The van der Waals surface area contributed by atoms with Crippen molar-refractivity contribution in [1.82, 2.24) is 10.2 Å². The first-order valence-corrected chi connectivity index (χ1v) is 15.0. The van der Waals surface area contributed by atoms with Gasteiger partial charge in [0.1, 0.15) is 5.41 Å². The first-order valence-electron chi connectivity index (χ1n) is 15.0. The van der Waals surface area contributed by atoms with Crippen LogP contribution in [-0.4, -0.2) is 63.0 Å². The monoisotopic (exact) mass is 622 g/mol. The van der Waals surface area contributed by atoms with E-state index < -0.39 is 23.4 Å². The number of rotatable bonds is 9. The van der Waals surface area contributed by atoms with Gasteiger partial charge in [-0.25, -0.2) is 0 Å². The van der Waals surface area contributed by atoms with E-state index in [0.717, 1.165) is 11.1 Å². The second kappa shape index (κ2) is 12.6. The number of likely N-dealkylation sites (tertiary alicyclic amines) is 1. The van der Waals surface area contributed by atoms with E-state index in [-0.39, 0.29) is 56.1 Å². The van der Waals surface area contributed by atoms with Crippen LogP contribution in [0.5, 0.6) is 23.0 Å². The molecule has 2 amide bonds. The van der Waals surface area contributed by atoms with Gasteiger partial charge >= 0.3 is 5.97 Å².